The molecular formula is C25H23Cl2N3O4. The first-order chi connectivity index (χ1) is 16.5. The van der Waals surface area contributed by atoms with Gasteiger partial charge in [0.1, 0.15) is 6.61 Å². The second-order valence-corrected chi connectivity index (χ2v) is 7.93. The van der Waals surface area contributed by atoms with Crippen LogP contribution >= 0.6 is 23.2 Å². The van der Waals surface area contributed by atoms with E-state index in [-0.39, 0.29) is 18.7 Å². The van der Waals surface area contributed by atoms with E-state index in [4.69, 9.17) is 32.7 Å². The molecule has 2 N–H and O–H groups in total. The molecule has 0 saturated carbocycles. The fourth-order valence-electron chi connectivity index (χ4n) is 2.89. The number of hydrazone groups is 1. The predicted octanol–water partition coefficient (Wildman–Crippen LogP) is 5.45. The molecule has 0 radical (unpaired) electrons. The van der Waals surface area contributed by atoms with Crippen LogP contribution in [0.4, 0.5) is 5.69 Å². The van der Waals surface area contributed by atoms with Gasteiger partial charge >= 0.3 is 0 Å². The minimum atomic E-state index is -0.391. The molecule has 34 heavy (non-hydrogen) atoms. The molecule has 0 fully saturated rings. The molecular weight excluding hydrogens is 477 g/mol. The van der Waals surface area contributed by atoms with E-state index in [0.717, 1.165) is 5.56 Å². The van der Waals surface area contributed by atoms with Gasteiger partial charge < -0.3 is 14.8 Å². The molecule has 9 heteroatoms. The molecule has 7 nitrogen and oxygen atoms in total. The average Bonchev–Trinajstić information content (AvgIpc) is 2.84. The predicted molar refractivity (Wildman–Crippen MR) is 134 cm³/mol. The van der Waals surface area contributed by atoms with E-state index < -0.39 is 5.91 Å². The summed E-state index contributed by atoms with van der Waals surface area (Å²) in [4.78, 5) is 24.0. The standard InChI is InChI=1S/C25H23Cl2N3O4/c1-33-23-14-17(10-11-22(23)34-16-18-6-2-3-7-19(18)26)15-28-30-25(32)13-12-24(31)29-21-9-5-4-8-20(21)27/h2-11,14-15H,12-13,16H2,1H3,(H,29,31)(H,30,32). The van der Waals surface area contributed by atoms with Crippen molar-refractivity contribution in [3.63, 3.8) is 0 Å². The van der Waals surface area contributed by atoms with E-state index in [1.54, 1.807) is 48.5 Å². The number of nitrogens with zero attached hydrogens (tertiary/aromatic N) is 1. The highest BCUT2D eigenvalue weighted by Gasteiger charge is 2.09. The van der Waals surface area contributed by atoms with E-state index in [0.29, 0.717) is 39.4 Å². The Morgan fingerprint density at radius 2 is 1.62 bits per heavy atom. The third kappa shape index (κ3) is 7.50. The maximum atomic E-state index is 12.0. The number of hydrogen-bond acceptors (Lipinski definition) is 5. The SMILES string of the molecule is COc1cc(C=NNC(=O)CCC(=O)Nc2ccccc2Cl)ccc1OCc1ccccc1Cl. The van der Waals surface area contributed by atoms with E-state index in [9.17, 15) is 9.59 Å². The zero-order valence-electron chi connectivity index (χ0n) is 18.4. The van der Waals surface area contributed by atoms with Crippen LogP contribution in [0.1, 0.15) is 24.0 Å². The fraction of sp³-hybridized carbons (Fsp3) is 0.160. The van der Waals surface area contributed by atoms with Gasteiger partial charge in [0.25, 0.3) is 0 Å². The maximum absolute atomic E-state index is 12.0. The lowest BCUT2D eigenvalue weighted by molar-refractivity contribution is -0.124. The number of methoxy groups -OCH3 is 1. The molecule has 0 bridgehead atoms. The molecule has 0 heterocycles. The Morgan fingerprint density at radius 3 is 2.35 bits per heavy atom. The number of rotatable bonds is 10. The quantitative estimate of drug-likeness (QED) is 0.286. The minimum Gasteiger partial charge on any atom is -0.493 e. The molecule has 2 amide bonds. The van der Waals surface area contributed by atoms with Crippen molar-refractivity contribution >= 4 is 46.9 Å². The number of ether oxygens (including phenoxy) is 2. The molecule has 0 aliphatic heterocycles. The minimum absolute atomic E-state index is 0.00212. The largest absolute Gasteiger partial charge is 0.493 e. The lowest BCUT2D eigenvalue weighted by Crippen LogP contribution is -2.20. The maximum Gasteiger partial charge on any atom is 0.240 e. The summed E-state index contributed by atoms with van der Waals surface area (Å²) in [6.07, 6.45) is 1.45. The van der Waals surface area contributed by atoms with Crippen LogP contribution in [0, 0.1) is 0 Å². The number of carbonyl (C=O) groups is 2. The summed E-state index contributed by atoms with van der Waals surface area (Å²) < 4.78 is 11.2. The summed E-state index contributed by atoms with van der Waals surface area (Å²) >= 11 is 12.2. The van der Waals surface area contributed by atoms with E-state index >= 15 is 0 Å². The Bertz CT molecular complexity index is 1180. The van der Waals surface area contributed by atoms with Crippen LogP contribution in [-0.2, 0) is 16.2 Å². The second-order valence-electron chi connectivity index (χ2n) is 7.11. The summed E-state index contributed by atoms with van der Waals surface area (Å²) in [5.41, 5.74) is 4.46. The van der Waals surface area contributed by atoms with Gasteiger partial charge in [-0.1, -0.05) is 53.5 Å². The third-order valence-electron chi connectivity index (χ3n) is 4.66. The third-order valence-corrected chi connectivity index (χ3v) is 5.36. The normalized spacial score (nSPS) is 10.7. The number of hydrogen-bond donors (Lipinski definition) is 2. The van der Waals surface area contributed by atoms with Crippen molar-refractivity contribution in [2.24, 2.45) is 5.10 Å². The van der Waals surface area contributed by atoms with E-state index in [1.165, 1.54) is 13.3 Å². The number of benzene rings is 3. The summed E-state index contributed by atoms with van der Waals surface area (Å²) in [7, 11) is 1.54. The molecule has 0 aliphatic carbocycles. The van der Waals surface area contributed by atoms with E-state index in [1.807, 2.05) is 18.2 Å². The number of halogens is 2. The Balaban J connectivity index is 1.48. The van der Waals surface area contributed by atoms with Crippen LogP contribution in [0.2, 0.25) is 10.0 Å². The van der Waals surface area contributed by atoms with Crippen molar-refractivity contribution in [2.45, 2.75) is 19.4 Å². The molecule has 0 atom stereocenters. The summed E-state index contributed by atoms with van der Waals surface area (Å²) in [6, 6.07) is 19.6. The second kappa shape index (κ2) is 12.6. The highest BCUT2D eigenvalue weighted by Crippen LogP contribution is 2.29. The van der Waals surface area contributed by atoms with Gasteiger partial charge in [-0.05, 0) is 42.0 Å². The number of carbonyl (C=O) groups excluding carboxylic acids is 2. The van der Waals surface area contributed by atoms with Gasteiger partial charge in [-0.2, -0.15) is 5.10 Å². The number of para-hydroxylation sites is 1. The highest BCUT2D eigenvalue weighted by atomic mass is 35.5. The number of nitrogens with one attached hydrogen (secondary N) is 2. The molecule has 0 unspecified atom stereocenters. The molecule has 0 saturated heterocycles. The van der Waals surface area contributed by atoms with Gasteiger partial charge in [0.05, 0.1) is 24.0 Å². The molecule has 0 aliphatic rings. The molecule has 176 valence electrons. The Labute approximate surface area is 207 Å². The molecule has 3 rings (SSSR count). The van der Waals surface area contributed by atoms with Crippen molar-refractivity contribution in [1.29, 1.82) is 0 Å². The first-order valence-corrected chi connectivity index (χ1v) is 11.1. The monoisotopic (exact) mass is 499 g/mol. The van der Waals surface area contributed by atoms with Crippen molar-refractivity contribution in [2.75, 3.05) is 12.4 Å². The topological polar surface area (TPSA) is 89.0 Å². The first kappa shape index (κ1) is 25.1. The van der Waals surface area contributed by atoms with Crippen molar-refractivity contribution in [1.82, 2.24) is 5.43 Å². The number of anilines is 1. The van der Waals surface area contributed by atoms with Gasteiger partial charge in [0, 0.05) is 23.4 Å². The molecule has 0 aromatic heterocycles. The first-order valence-electron chi connectivity index (χ1n) is 10.4. The van der Waals surface area contributed by atoms with Crippen molar-refractivity contribution < 1.29 is 19.1 Å². The van der Waals surface area contributed by atoms with Gasteiger partial charge in [-0.25, -0.2) is 5.43 Å². The lowest BCUT2D eigenvalue weighted by atomic mass is 10.2. The average molecular weight is 500 g/mol. The molecule has 3 aromatic carbocycles. The summed E-state index contributed by atoms with van der Waals surface area (Å²) in [5, 5.41) is 7.66. The van der Waals surface area contributed by atoms with Crippen LogP contribution in [0.5, 0.6) is 11.5 Å². The van der Waals surface area contributed by atoms with Crippen molar-refractivity contribution in [3.05, 3.63) is 87.9 Å². The Hall–Kier alpha value is -3.55. The highest BCUT2D eigenvalue weighted by molar-refractivity contribution is 6.33. The smallest absolute Gasteiger partial charge is 0.240 e. The van der Waals surface area contributed by atoms with Gasteiger partial charge in [0.2, 0.25) is 11.8 Å². The van der Waals surface area contributed by atoms with Crippen LogP contribution in [0.25, 0.3) is 0 Å². The van der Waals surface area contributed by atoms with Gasteiger partial charge in [-0.3, -0.25) is 9.59 Å². The van der Waals surface area contributed by atoms with Crippen LogP contribution in [-0.4, -0.2) is 25.1 Å². The zero-order valence-corrected chi connectivity index (χ0v) is 19.9. The summed E-state index contributed by atoms with van der Waals surface area (Å²) in [5.74, 6) is 0.355. The fourth-order valence-corrected chi connectivity index (χ4v) is 3.26. The van der Waals surface area contributed by atoms with Crippen LogP contribution in [0.3, 0.4) is 0 Å². The van der Waals surface area contributed by atoms with Crippen LogP contribution in [0.15, 0.2) is 71.8 Å². The van der Waals surface area contributed by atoms with E-state index in [2.05, 4.69) is 15.8 Å². The number of amides is 2. The van der Waals surface area contributed by atoms with Crippen LogP contribution < -0.4 is 20.2 Å². The van der Waals surface area contributed by atoms with Gasteiger partial charge in [0.15, 0.2) is 11.5 Å². The Morgan fingerprint density at radius 1 is 0.912 bits per heavy atom. The Kier molecular flexibility index (Phi) is 9.31. The van der Waals surface area contributed by atoms with Gasteiger partial charge in [-0.15, -0.1) is 0 Å². The lowest BCUT2D eigenvalue weighted by Gasteiger charge is -2.12. The zero-order chi connectivity index (χ0) is 24.3. The summed E-state index contributed by atoms with van der Waals surface area (Å²) in [6.45, 7) is 0.295. The molecule has 3 aromatic rings. The van der Waals surface area contributed by atoms with Crippen molar-refractivity contribution in [3.8, 4) is 11.5 Å². The molecule has 0 spiro atoms.